The normalized spacial score (nSPS) is 18.8. The van der Waals surface area contributed by atoms with Crippen molar-refractivity contribution in [3.05, 3.63) is 71.8 Å². The highest BCUT2D eigenvalue weighted by molar-refractivity contribution is 5.98. The predicted octanol–water partition coefficient (Wildman–Crippen LogP) is 3.13. The van der Waals surface area contributed by atoms with Crippen molar-refractivity contribution in [2.75, 3.05) is 6.61 Å². The van der Waals surface area contributed by atoms with Gasteiger partial charge in [-0.05, 0) is 55.6 Å². The number of benzene rings is 2. The third kappa shape index (κ3) is 10.9. The maximum atomic E-state index is 13.7. The second-order valence-corrected chi connectivity index (χ2v) is 12.6. The van der Waals surface area contributed by atoms with Crippen LogP contribution in [-0.2, 0) is 36.8 Å². The molecule has 43 heavy (non-hydrogen) atoms. The summed E-state index contributed by atoms with van der Waals surface area (Å²) >= 11 is 0. The molecule has 1 heterocycles. The lowest BCUT2D eigenvalue weighted by Crippen LogP contribution is -2.58. The number of ketones is 1. The summed E-state index contributed by atoms with van der Waals surface area (Å²) < 4.78 is 5.36. The number of hydrogen-bond acceptors (Lipinski definition) is 6. The molecular weight excluding hydrogens is 546 g/mol. The minimum atomic E-state index is -1.29. The Balaban J connectivity index is 1.74. The topological polar surface area (TPSA) is 137 Å². The summed E-state index contributed by atoms with van der Waals surface area (Å²) in [6.07, 6.45) is 0.362. The van der Waals surface area contributed by atoms with Gasteiger partial charge in [-0.2, -0.15) is 0 Å². The van der Waals surface area contributed by atoms with Gasteiger partial charge in [-0.3, -0.25) is 19.2 Å². The first-order chi connectivity index (χ1) is 20.4. The van der Waals surface area contributed by atoms with E-state index >= 15 is 0 Å². The molecule has 5 atom stereocenters. The molecule has 1 aliphatic heterocycles. The minimum Gasteiger partial charge on any atom is -0.383 e. The fraction of sp³-hybridized carbons (Fsp3) is 0.529. The first-order valence-electron chi connectivity index (χ1n) is 15.2. The minimum absolute atomic E-state index is 0.0474. The lowest BCUT2D eigenvalue weighted by molar-refractivity contribution is -0.136. The van der Waals surface area contributed by atoms with Gasteiger partial charge in [-0.25, -0.2) is 0 Å². The Hall–Kier alpha value is -3.56. The van der Waals surface area contributed by atoms with Crippen molar-refractivity contribution in [2.45, 2.75) is 96.6 Å². The maximum absolute atomic E-state index is 13.7. The Labute approximate surface area is 255 Å². The quantitative estimate of drug-likeness (QED) is 0.208. The third-order valence-electron chi connectivity index (χ3n) is 7.55. The summed E-state index contributed by atoms with van der Waals surface area (Å²) in [4.78, 5) is 53.4. The summed E-state index contributed by atoms with van der Waals surface area (Å²) in [6, 6.07) is 16.1. The van der Waals surface area contributed by atoms with Crippen molar-refractivity contribution in [3.63, 3.8) is 0 Å². The van der Waals surface area contributed by atoms with Gasteiger partial charge in [0.05, 0.1) is 12.6 Å². The molecule has 0 aromatic heterocycles. The van der Waals surface area contributed by atoms with Crippen LogP contribution >= 0.6 is 0 Å². The first kappa shape index (κ1) is 33.9. The van der Waals surface area contributed by atoms with Gasteiger partial charge in [0.2, 0.25) is 17.7 Å². The smallest absolute Gasteiger partial charge is 0.249 e. The monoisotopic (exact) mass is 593 g/mol. The number of ether oxygens (including phenoxy) is 1. The molecule has 0 unspecified atom stereocenters. The number of aliphatic hydroxyl groups is 1. The van der Waals surface area contributed by atoms with E-state index in [1.807, 2.05) is 88.4 Å². The third-order valence-corrected chi connectivity index (χ3v) is 7.55. The number of carbonyl (C=O) groups is 4. The van der Waals surface area contributed by atoms with Gasteiger partial charge < -0.3 is 25.8 Å². The van der Waals surface area contributed by atoms with E-state index in [1.54, 1.807) is 6.92 Å². The van der Waals surface area contributed by atoms with Crippen LogP contribution in [0, 0.1) is 11.8 Å². The number of nitrogens with one attached hydrogen (secondary N) is 3. The predicted molar refractivity (Wildman–Crippen MR) is 165 cm³/mol. The van der Waals surface area contributed by atoms with Crippen LogP contribution in [-0.4, -0.2) is 65.0 Å². The largest absolute Gasteiger partial charge is 0.383 e. The Morgan fingerprint density at radius 2 is 1.21 bits per heavy atom. The van der Waals surface area contributed by atoms with Crippen molar-refractivity contribution in [2.24, 2.45) is 11.8 Å². The van der Waals surface area contributed by atoms with Gasteiger partial charge in [-0.1, -0.05) is 88.4 Å². The van der Waals surface area contributed by atoms with Gasteiger partial charge in [-0.15, -0.1) is 0 Å². The first-order valence-corrected chi connectivity index (χ1v) is 15.2. The zero-order chi connectivity index (χ0) is 31.6. The highest BCUT2D eigenvalue weighted by Crippen LogP contribution is 2.29. The van der Waals surface area contributed by atoms with E-state index in [1.165, 1.54) is 0 Å². The molecule has 1 aliphatic rings. The molecule has 3 amide bonds. The van der Waals surface area contributed by atoms with Gasteiger partial charge in [0.15, 0.2) is 5.78 Å². The van der Waals surface area contributed by atoms with Crippen molar-refractivity contribution in [1.29, 1.82) is 0 Å². The molecule has 9 nitrogen and oxygen atoms in total. The summed E-state index contributed by atoms with van der Waals surface area (Å²) in [5.41, 5.74) is 0.920. The van der Waals surface area contributed by atoms with Crippen LogP contribution in [0.3, 0.4) is 0 Å². The van der Waals surface area contributed by atoms with Gasteiger partial charge in [0.1, 0.15) is 23.8 Å². The molecule has 2 aromatic carbocycles. The Morgan fingerprint density at radius 1 is 0.744 bits per heavy atom. The molecule has 0 saturated carbocycles. The second kappa shape index (κ2) is 15.8. The van der Waals surface area contributed by atoms with Crippen LogP contribution in [0.5, 0.6) is 0 Å². The van der Waals surface area contributed by atoms with Crippen LogP contribution in [0.4, 0.5) is 0 Å². The van der Waals surface area contributed by atoms with Crippen LogP contribution in [0.25, 0.3) is 0 Å². The van der Waals surface area contributed by atoms with Crippen molar-refractivity contribution >= 4 is 23.5 Å². The number of amides is 3. The molecule has 3 rings (SSSR count). The lowest BCUT2D eigenvalue weighted by atomic mass is 9.93. The van der Waals surface area contributed by atoms with Gasteiger partial charge >= 0.3 is 0 Å². The Bertz CT molecular complexity index is 1210. The zero-order valence-corrected chi connectivity index (χ0v) is 26.0. The van der Waals surface area contributed by atoms with Crippen LogP contribution < -0.4 is 16.0 Å². The summed E-state index contributed by atoms with van der Waals surface area (Å²) in [5, 5.41) is 19.0. The van der Waals surface area contributed by atoms with E-state index < -0.39 is 47.6 Å². The molecule has 1 fully saturated rings. The van der Waals surface area contributed by atoms with E-state index in [9.17, 15) is 24.3 Å². The van der Waals surface area contributed by atoms with E-state index in [0.717, 1.165) is 11.1 Å². The molecule has 0 bridgehead atoms. The number of rotatable bonds is 17. The number of Topliss-reactive ketones (excluding diaryl/α,β-unsaturated/α-hetero) is 1. The fourth-order valence-electron chi connectivity index (χ4n) is 4.98. The number of aryl methyl sites for hydroxylation is 1. The van der Waals surface area contributed by atoms with Crippen molar-refractivity contribution in [3.8, 4) is 0 Å². The van der Waals surface area contributed by atoms with E-state index in [0.29, 0.717) is 25.9 Å². The van der Waals surface area contributed by atoms with E-state index in [-0.39, 0.29) is 30.5 Å². The lowest BCUT2D eigenvalue weighted by Gasteiger charge is -2.27. The average Bonchev–Trinajstić information content (AvgIpc) is 3.73. The standard InChI is InChI=1S/C34H47N3O6/c1-22(2)18-26(30(39)34(5)21-43-34)35-32(41)28(20-25-14-10-7-11-15-25)36-31(40)27(19-23(3)4)37-33(42)29(38)17-16-24-12-8-6-9-13-24/h6-15,22-23,26-29,38H,16-21H2,1-5H3,(H,35,41)(H,36,40)(H,37,42)/t26-,27-,28-,29-,34+/m0/s1. The highest BCUT2D eigenvalue weighted by atomic mass is 16.6. The molecule has 234 valence electrons. The molecule has 0 aliphatic carbocycles. The summed E-state index contributed by atoms with van der Waals surface area (Å²) in [7, 11) is 0. The zero-order valence-electron chi connectivity index (χ0n) is 26.0. The highest BCUT2D eigenvalue weighted by Gasteiger charge is 2.50. The van der Waals surface area contributed by atoms with Crippen LogP contribution in [0.2, 0.25) is 0 Å². The molecular formula is C34H47N3O6. The van der Waals surface area contributed by atoms with Crippen molar-refractivity contribution in [1.82, 2.24) is 16.0 Å². The molecule has 9 heteroatoms. The molecule has 4 N–H and O–H groups in total. The average molecular weight is 594 g/mol. The number of epoxide rings is 1. The maximum Gasteiger partial charge on any atom is 0.249 e. The van der Waals surface area contributed by atoms with E-state index in [2.05, 4.69) is 16.0 Å². The number of hydrogen-bond donors (Lipinski definition) is 4. The Morgan fingerprint density at radius 3 is 1.74 bits per heavy atom. The summed E-state index contributed by atoms with van der Waals surface area (Å²) in [5.74, 6) is -1.66. The number of carbonyl (C=O) groups excluding carboxylic acids is 4. The molecule has 1 saturated heterocycles. The molecule has 2 aromatic rings. The molecule has 0 spiro atoms. The Kier molecular flexibility index (Phi) is 12.5. The van der Waals surface area contributed by atoms with Crippen LogP contribution in [0.1, 0.15) is 65.0 Å². The van der Waals surface area contributed by atoms with E-state index in [4.69, 9.17) is 4.74 Å². The van der Waals surface area contributed by atoms with Gasteiger partial charge in [0.25, 0.3) is 0 Å². The second-order valence-electron chi connectivity index (χ2n) is 12.6. The van der Waals surface area contributed by atoms with Crippen LogP contribution in [0.15, 0.2) is 60.7 Å². The fourth-order valence-corrected chi connectivity index (χ4v) is 4.98. The van der Waals surface area contributed by atoms with Gasteiger partial charge in [0, 0.05) is 6.42 Å². The molecule has 0 radical (unpaired) electrons. The SMILES string of the molecule is CC(C)C[C@H](NC(=O)[C@@H](O)CCc1ccccc1)C(=O)N[C@@H](Cc1ccccc1)C(=O)N[C@@H](CC(C)C)C(=O)[C@@]1(C)CO1. The van der Waals surface area contributed by atoms with Crippen molar-refractivity contribution < 1.29 is 29.0 Å². The summed E-state index contributed by atoms with van der Waals surface area (Å²) in [6.45, 7) is 9.82. The number of aliphatic hydroxyl groups excluding tert-OH is 1.